The Labute approximate surface area is 140 Å². The maximum absolute atomic E-state index is 12.8. The number of hydrazine groups is 1. The maximum atomic E-state index is 12.8. The van der Waals surface area contributed by atoms with Crippen LogP contribution in [0.25, 0.3) is 0 Å². The molecular formula is C18H20N4O2. The zero-order valence-electron chi connectivity index (χ0n) is 13.3. The van der Waals surface area contributed by atoms with Crippen molar-refractivity contribution < 1.29 is 9.59 Å². The third kappa shape index (κ3) is 3.78. The minimum absolute atomic E-state index is 0.0278. The molecule has 2 amide bonds. The standard InChI is InChI=1S/C18H20N4O2/c23-17(15-10-4-5-11-19-15)21-20-16(14-8-2-1-3-9-14)18(24)22-12-6-7-13-22/h1-5,8-11,16,20H,6-7,12-13H2,(H,21,23)/t16-/m1/s1. The van der Waals surface area contributed by atoms with Crippen LogP contribution in [0.3, 0.4) is 0 Å². The Morgan fingerprint density at radius 1 is 1.00 bits per heavy atom. The van der Waals surface area contributed by atoms with Crippen molar-refractivity contribution in [3.05, 3.63) is 66.0 Å². The van der Waals surface area contributed by atoms with Gasteiger partial charge in [0.15, 0.2) is 0 Å². The molecule has 124 valence electrons. The number of hydrogen-bond acceptors (Lipinski definition) is 4. The zero-order valence-corrected chi connectivity index (χ0v) is 13.3. The average molecular weight is 324 g/mol. The van der Waals surface area contributed by atoms with E-state index in [2.05, 4.69) is 15.8 Å². The van der Waals surface area contributed by atoms with Gasteiger partial charge in [-0.1, -0.05) is 36.4 Å². The summed E-state index contributed by atoms with van der Waals surface area (Å²) >= 11 is 0. The molecule has 1 aliphatic rings. The summed E-state index contributed by atoms with van der Waals surface area (Å²) in [4.78, 5) is 30.8. The van der Waals surface area contributed by atoms with E-state index in [1.807, 2.05) is 35.2 Å². The van der Waals surface area contributed by atoms with E-state index in [-0.39, 0.29) is 11.8 Å². The van der Waals surface area contributed by atoms with Crippen LogP contribution in [0, 0.1) is 0 Å². The highest BCUT2D eigenvalue weighted by molar-refractivity contribution is 5.92. The van der Waals surface area contributed by atoms with Crippen LogP contribution in [-0.2, 0) is 4.79 Å². The number of likely N-dealkylation sites (tertiary alicyclic amines) is 1. The second kappa shape index (κ2) is 7.70. The van der Waals surface area contributed by atoms with E-state index in [9.17, 15) is 9.59 Å². The van der Waals surface area contributed by atoms with Gasteiger partial charge in [-0.05, 0) is 30.5 Å². The predicted molar refractivity (Wildman–Crippen MR) is 89.8 cm³/mol. The predicted octanol–water partition coefficient (Wildman–Crippen LogP) is 1.68. The van der Waals surface area contributed by atoms with E-state index >= 15 is 0 Å². The molecule has 3 rings (SSSR count). The molecule has 24 heavy (non-hydrogen) atoms. The molecule has 6 nitrogen and oxygen atoms in total. The first-order valence-corrected chi connectivity index (χ1v) is 8.06. The fraction of sp³-hybridized carbons (Fsp3) is 0.278. The molecule has 0 bridgehead atoms. The van der Waals surface area contributed by atoms with Gasteiger partial charge in [-0.25, -0.2) is 5.43 Å². The van der Waals surface area contributed by atoms with Crippen LogP contribution in [-0.4, -0.2) is 34.8 Å². The van der Waals surface area contributed by atoms with Gasteiger partial charge < -0.3 is 4.90 Å². The van der Waals surface area contributed by atoms with Crippen LogP contribution in [0.2, 0.25) is 0 Å². The van der Waals surface area contributed by atoms with Crippen molar-refractivity contribution in [3.63, 3.8) is 0 Å². The van der Waals surface area contributed by atoms with Gasteiger partial charge in [0.05, 0.1) is 0 Å². The maximum Gasteiger partial charge on any atom is 0.283 e. The molecule has 1 fully saturated rings. The lowest BCUT2D eigenvalue weighted by Gasteiger charge is -2.24. The first-order chi connectivity index (χ1) is 11.8. The summed E-state index contributed by atoms with van der Waals surface area (Å²) in [6.07, 6.45) is 3.60. The fourth-order valence-electron chi connectivity index (χ4n) is 2.75. The van der Waals surface area contributed by atoms with E-state index in [0.29, 0.717) is 5.69 Å². The minimum atomic E-state index is -0.614. The molecular weight excluding hydrogens is 304 g/mol. The molecule has 1 atom stereocenters. The molecule has 0 spiro atoms. The van der Waals surface area contributed by atoms with Crippen molar-refractivity contribution >= 4 is 11.8 Å². The van der Waals surface area contributed by atoms with Gasteiger partial charge in [0.25, 0.3) is 5.91 Å². The molecule has 0 saturated carbocycles. The Morgan fingerprint density at radius 2 is 1.71 bits per heavy atom. The Kier molecular flexibility index (Phi) is 5.18. The van der Waals surface area contributed by atoms with E-state index in [0.717, 1.165) is 31.5 Å². The lowest BCUT2D eigenvalue weighted by Crippen LogP contribution is -2.47. The Balaban J connectivity index is 1.72. The van der Waals surface area contributed by atoms with Crippen LogP contribution >= 0.6 is 0 Å². The van der Waals surface area contributed by atoms with Crippen LogP contribution in [0.5, 0.6) is 0 Å². The largest absolute Gasteiger partial charge is 0.341 e. The summed E-state index contributed by atoms with van der Waals surface area (Å²) in [5.74, 6) is -0.397. The first-order valence-electron chi connectivity index (χ1n) is 8.06. The van der Waals surface area contributed by atoms with Crippen molar-refractivity contribution in [2.24, 2.45) is 0 Å². The molecule has 6 heteroatoms. The van der Waals surface area contributed by atoms with E-state index in [1.165, 1.54) is 0 Å². The average Bonchev–Trinajstić information content (AvgIpc) is 3.18. The van der Waals surface area contributed by atoms with Crippen LogP contribution in [0.15, 0.2) is 54.7 Å². The third-order valence-electron chi connectivity index (χ3n) is 4.03. The molecule has 0 aliphatic carbocycles. The number of carbonyl (C=O) groups excluding carboxylic acids is 2. The monoisotopic (exact) mass is 324 g/mol. The number of aromatic nitrogens is 1. The Hall–Kier alpha value is -2.73. The molecule has 2 N–H and O–H groups in total. The van der Waals surface area contributed by atoms with Gasteiger partial charge in [-0.15, -0.1) is 0 Å². The van der Waals surface area contributed by atoms with E-state index < -0.39 is 6.04 Å². The number of carbonyl (C=O) groups is 2. The summed E-state index contributed by atoms with van der Waals surface area (Å²) in [6.45, 7) is 1.52. The second-order valence-corrected chi connectivity index (χ2v) is 5.69. The molecule has 2 heterocycles. The Bertz CT molecular complexity index is 685. The highest BCUT2D eigenvalue weighted by Gasteiger charge is 2.28. The van der Waals surface area contributed by atoms with Gasteiger partial charge in [0, 0.05) is 19.3 Å². The number of rotatable bonds is 5. The fourth-order valence-corrected chi connectivity index (χ4v) is 2.75. The molecule has 1 saturated heterocycles. The van der Waals surface area contributed by atoms with Crippen molar-refractivity contribution in [1.29, 1.82) is 0 Å². The number of nitrogens with zero attached hydrogens (tertiary/aromatic N) is 2. The molecule has 1 aromatic carbocycles. The van der Waals surface area contributed by atoms with Gasteiger partial charge in [-0.3, -0.25) is 20.0 Å². The van der Waals surface area contributed by atoms with Crippen molar-refractivity contribution in [3.8, 4) is 0 Å². The SMILES string of the molecule is O=C(NN[C@@H](C(=O)N1CCCC1)c1ccccc1)c1ccccn1. The minimum Gasteiger partial charge on any atom is -0.341 e. The third-order valence-corrected chi connectivity index (χ3v) is 4.03. The topological polar surface area (TPSA) is 74.3 Å². The normalized spacial score (nSPS) is 15.1. The molecule has 0 unspecified atom stereocenters. The van der Waals surface area contributed by atoms with E-state index in [1.54, 1.807) is 24.4 Å². The summed E-state index contributed by atoms with van der Waals surface area (Å²) in [7, 11) is 0. The van der Waals surface area contributed by atoms with Crippen molar-refractivity contribution in [1.82, 2.24) is 20.7 Å². The smallest absolute Gasteiger partial charge is 0.283 e. The quantitative estimate of drug-likeness (QED) is 0.821. The summed E-state index contributed by atoms with van der Waals surface area (Å²) in [5, 5.41) is 0. The van der Waals surface area contributed by atoms with Crippen molar-refractivity contribution in [2.45, 2.75) is 18.9 Å². The number of nitrogens with one attached hydrogen (secondary N) is 2. The van der Waals surface area contributed by atoms with Gasteiger partial charge in [0.1, 0.15) is 11.7 Å². The van der Waals surface area contributed by atoms with Crippen LogP contribution < -0.4 is 10.9 Å². The van der Waals surface area contributed by atoms with Crippen LogP contribution in [0.4, 0.5) is 0 Å². The number of hydrogen-bond donors (Lipinski definition) is 2. The number of benzene rings is 1. The van der Waals surface area contributed by atoms with E-state index in [4.69, 9.17) is 0 Å². The number of amides is 2. The molecule has 1 aliphatic heterocycles. The Morgan fingerprint density at radius 3 is 2.38 bits per heavy atom. The number of pyridine rings is 1. The summed E-state index contributed by atoms with van der Waals surface area (Å²) in [6, 6.07) is 13.9. The summed E-state index contributed by atoms with van der Waals surface area (Å²) < 4.78 is 0. The molecule has 0 radical (unpaired) electrons. The molecule has 1 aromatic heterocycles. The lowest BCUT2D eigenvalue weighted by molar-refractivity contribution is -0.132. The lowest BCUT2D eigenvalue weighted by atomic mass is 10.1. The van der Waals surface area contributed by atoms with Gasteiger partial charge in [-0.2, -0.15) is 0 Å². The first kappa shape index (κ1) is 16.1. The highest BCUT2D eigenvalue weighted by atomic mass is 16.2. The zero-order chi connectivity index (χ0) is 16.8. The van der Waals surface area contributed by atoms with Gasteiger partial charge in [0.2, 0.25) is 5.91 Å². The second-order valence-electron chi connectivity index (χ2n) is 5.69. The van der Waals surface area contributed by atoms with Crippen molar-refractivity contribution in [2.75, 3.05) is 13.1 Å². The van der Waals surface area contributed by atoms with Crippen LogP contribution in [0.1, 0.15) is 34.9 Å². The summed E-state index contributed by atoms with van der Waals surface area (Å²) in [5.41, 5.74) is 6.60. The molecule has 2 aromatic rings. The van der Waals surface area contributed by atoms with Gasteiger partial charge >= 0.3 is 0 Å². The highest BCUT2D eigenvalue weighted by Crippen LogP contribution is 2.18.